The van der Waals surface area contributed by atoms with Crippen LogP contribution in [0.4, 0.5) is 13.2 Å². The number of carbonyl (C=O) groups is 1. The predicted molar refractivity (Wildman–Crippen MR) is 102 cm³/mol. The van der Waals surface area contributed by atoms with Gasteiger partial charge in [0.2, 0.25) is 11.7 Å². The third kappa shape index (κ3) is 4.71. The fraction of sp³-hybridized carbons (Fsp3) is 0.333. The summed E-state index contributed by atoms with van der Waals surface area (Å²) >= 11 is 0. The second-order valence-corrected chi connectivity index (χ2v) is 8.01. The average Bonchev–Trinajstić information content (AvgIpc) is 3.02. The molecule has 2 aromatic carbocycles. The summed E-state index contributed by atoms with van der Waals surface area (Å²) in [6, 6.07) is 13.7. The summed E-state index contributed by atoms with van der Waals surface area (Å²) in [5, 5.41) is 3.01. The summed E-state index contributed by atoms with van der Waals surface area (Å²) in [6.45, 7) is 5.91. The normalized spacial score (nSPS) is 13.5. The highest BCUT2D eigenvalue weighted by atomic mass is 19.4. The van der Waals surface area contributed by atoms with Crippen LogP contribution in [0.3, 0.4) is 0 Å². The number of hydrogen-bond donors (Lipinski definition) is 2. The maximum atomic E-state index is 12.9. The van der Waals surface area contributed by atoms with E-state index in [9.17, 15) is 18.0 Å². The van der Waals surface area contributed by atoms with Crippen molar-refractivity contribution in [2.24, 2.45) is 5.41 Å². The molecule has 0 bridgehead atoms. The number of fused-ring (bicyclic) bond motifs is 1. The van der Waals surface area contributed by atoms with Crippen LogP contribution in [0.1, 0.15) is 50.2 Å². The number of carbonyl (C=O) groups excluding carboxylic acids is 1. The highest BCUT2D eigenvalue weighted by molar-refractivity contribution is 5.79. The third-order valence-electron chi connectivity index (χ3n) is 4.24. The second kappa shape index (κ2) is 7.30. The Morgan fingerprint density at radius 3 is 2.36 bits per heavy atom. The molecule has 28 heavy (non-hydrogen) atoms. The van der Waals surface area contributed by atoms with Crippen molar-refractivity contribution in [3.05, 3.63) is 65.5 Å². The van der Waals surface area contributed by atoms with Crippen LogP contribution in [-0.2, 0) is 11.0 Å². The van der Waals surface area contributed by atoms with E-state index in [4.69, 9.17) is 0 Å². The number of benzene rings is 2. The van der Waals surface area contributed by atoms with Crippen LogP contribution in [0.5, 0.6) is 0 Å². The molecule has 1 atom stereocenters. The number of rotatable bonds is 4. The number of halogens is 3. The molecule has 3 rings (SSSR count). The Hall–Kier alpha value is -2.83. The topological polar surface area (TPSA) is 57.8 Å². The summed E-state index contributed by atoms with van der Waals surface area (Å²) < 4.78 is 38.8. The summed E-state index contributed by atoms with van der Waals surface area (Å²) in [4.78, 5) is 18.5. The minimum absolute atomic E-state index is 0.123. The maximum Gasteiger partial charge on any atom is 0.449 e. The van der Waals surface area contributed by atoms with E-state index in [1.165, 1.54) is 6.07 Å². The molecule has 0 aliphatic carbocycles. The number of nitrogens with zero attached hydrogens (tertiary/aromatic N) is 1. The molecule has 0 fully saturated rings. The lowest BCUT2D eigenvalue weighted by molar-refractivity contribution is -0.144. The zero-order valence-corrected chi connectivity index (χ0v) is 15.9. The molecule has 7 heteroatoms. The van der Waals surface area contributed by atoms with Gasteiger partial charge >= 0.3 is 6.18 Å². The zero-order valence-electron chi connectivity index (χ0n) is 15.9. The smallest absolute Gasteiger partial charge is 0.345 e. The molecule has 148 valence electrons. The van der Waals surface area contributed by atoms with Crippen molar-refractivity contribution >= 4 is 16.9 Å². The maximum absolute atomic E-state index is 12.9. The first-order chi connectivity index (χ1) is 13.0. The van der Waals surface area contributed by atoms with Crippen LogP contribution in [0.25, 0.3) is 11.0 Å². The average molecular weight is 389 g/mol. The molecule has 0 saturated carbocycles. The molecule has 4 nitrogen and oxygen atoms in total. The molecule has 0 aliphatic rings. The number of aromatic nitrogens is 2. The number of imidazole rings is 1. The van der Waals surface area contributed by atoms with Gasteiger partial charge in [0, 0.05) is 6.42 Å². The highest BCUT2D eigenvalue weighted by Crippen LogP contribution is 2.31. The lowest BCUT2D eigenvalue weighted by Gasteiger charge is -2.23. The van der Waals surface area contributed by atoms with Crippen molar-refractivity contribution in [2.45, 2.75) is 39.4 Å². The Labute approximate surface area is 161 Å². The van der Waals surface area contributed by atoms with Gasteiger partial charge in [0.15, 0.2) is 0 Å². The van der Waals surface area contributed by atoms with Crippen LogP contribution in [0.15, 0.2) is 48.5 Å². The molecule has 3 aromatic rings. The van der Waals surface area contributed by atoms with E-state index in [-0.39, 0.29) is 22.4 Å². The van der Waals surface area contributed by atoms with Gasteiger partial charge in [-0.1, -0.05) is 57.2 Å². The third-order valence-corrected chi connectivity index (χ3v) is 4.24. The van der Waals surface area contributed by atoms with Crippen LogP contribution in [-0.4, -0.2) is 15.9 Å². The van der Waals surface area contributed by atoms with Crippen LogP contribution < -0.4 is 5.32 Å². The van der Waals surface area contributed by atoms with Crippen molar-refractivity contribution in [1.29, 1.82) is 0 Å². The van der Waals surface area contributed by atoms with Gasteiger partial charge in [-0.15, -0.1) is 0 Å². The Bertz CT molecular complexity index is 972. The summed E-state index contributed by atoms with van der Waals surface area (Å²) in [6.07, 6.45) is -4.21. The van der Waals surface area contributed by atoms with Crippen LogP contribution in [0, 0.1) is 5.41 Å². The van der Waals surface area contributed by atoms with Gasteiger partial charge in [-0.3, -0.25) is 4.79 Å². The van der Waals surface area contributed by atoms with E-state index in [1.807, 2.05) is 51.1 Å². The largest absolute Gasteiger partial charge is 0.449 e. The van der Waals surface area contributed by atoms with E-state index in [0.717, 1.165) is 5.56 Å². The van der Waals surface area contributed by atoms with Crippen molar-refractivity contribution < 1.29 is 18.0 Å². The predicted octanol–water partition coefficient (Wildman–Crippen LogP) is 5.22. The van der Waals surface area contributed by atoms with E-state index in [0.29, 0.717) is 12.0 Å². The second-order valence-electron chi connectivity index (χ2n) is 8.01. The van der Waals surface area contributed by atoms with Gasteiger partial charge in [0.05, 0.1) is 17.1 Å². The van der Waals surface area contributed by atoms with Crippen molar-refractivity contribution in [1.82, 2.24) is 15.3 Å². The molecular formula is C21H22F3N3O. The number of alkyl halides is 3. The van der Waals surface area contributed by atoms with Gasteiger partial charge in [-0.25, -0.2) is 4.98 Å². The first-order valence-electron chi connectivity index (χ1n) is 8.94. The molecule has 0 saturated heterocycles. The van der Waals surface area contributed by atoms with E-state index in [1.54, 1.807) is 12.1 Å². The van der Waals surface area contributed by atoms with Gasteiger partial charge in [0.1, 0.15) is 0 Å². The van der Waals surface area contributed by atoms with E-state index >= 15 is 0 Å². The van der Waals surface area contributed by atoms with Gasteiger partial charge in [0.25, 0.3) is 0 Å². The molecule has 0 radical (unpaired) electrons. The Kier molecular flexibility index (Phi) is 5.19. The first-order valence-corrected chi connectivity index (χ1v) is 8.94. The lowest BCUT2D eigenvalue weighted by atomic mass is 9.91. The number of aromatic amines is 1. The van der Waals surface area contributed by atoms with Crippen molar-refractivity contribution in [3.8, 4) is 0 Å². The number of hydrogen-bond acceptors (Lipinski definition) is 2. The standard InChI is InChI=1S/C21H22F3N3O/c1-20(2,3)12-17(28)27-18(13-7-5-4-6-8-13)14-9-10-15-16(11-14)26-19(25-15)21(22,23)24/h4-11,18H,12H2,1-3H3,(H,25,26)(H,27,28)/t18-/m1/s1. The molecule has 1 aromatic heterocycles. The monoisotopic (exact) mass is 389 g/mol. The van der Waals surface area contributed by atoms with Crippen LogP contribution >= 0.6 is 0 Å². The molecular weight excluding hydrogens is 367 g/mol. The summed E-state index contributed by atoms with van der Waals surface area (Å²) in [5.74, 6) is -1.16. The number of nitrogens with one attached hydrogen (secondary N) is 2. The highest BCUT2D eigenvalue weighted by Gasteiger charge is 2.34. The Balaban J connectivity index is 1.99. The molecule has 0 aliphatic heterocycles. The molecule has 1 heterocycles. The van der Waals surface area contributed by atoms with E-state index < -0.39 is 18.0 Å². The number of H-pyrrole nitrogens is 1. The lowest BCUT2D eigenvalue weighted by Crippen LogP contribution is -2.32. The fourth-order valence-electron chi connectivity index (χ4n) is 3.04. The van der Waals surface area contributed by atoms with Gasteiger partial charge < -0.3 is 10.3 Å². The SMILES string of the molecule is CC(C)(C)CC(=O)N[C@H](c1ccccc1)c1ccc2nc(C(F)(F)F)[nH]c2c1. The van der Waals surface area contributed by atoms with Crippen molar-refractivity contribution in [2.75, 3.05) is 0 Å². The van der Waals surface area contributed by atoms with Gasteiger partial charge in [-0.2, -0.15) is 13.2 Å². The Morgan fingerprint density at radius 1 is 1.07 bits per heavy atom. The molecule has 2 N–H and O–H groups in total. The minimum Gasteiger partial charge on any atom is -0.345 e. The fourth-order valence-corrected chi connectivity index (χ4v) is 3.04. The summed E-state index contributed by atoms with van der Waals surface area (Å²) in [7, 11) is 0. The molecule has 1 amide bonds. The number of amides is 1. The quantitative estimate of drug-likeness (QED) is 0.642. The molecule has 0 spiro atoms. The van der Waals surface area contributed by atoms with E-state index in [2.05, 4.69) is 15.3 Å². The van der Waals surface area contributed by atoms with Crippen molar-refractivity contribution in [3.63, 3.8) is 0 Å². The Morgan fingerprint density at radius 2 is 1.75 bits per heavy atom. The van der Waals surface area contributed by atoms with Crippen LogP contribution in [0.2, 0.25) is 0 Å². The zero-order chi connectivity index (χ0) is 20.5. The summed E-state index contributed by atoms with van der Waals surface area (Å²) in [5.41, 5.74) is 1.85. The molecule has 0 unspecified atom stereocenters. The van der Waals surface area contributed by atoms with Gasteiger partial charge in [-0.05, 0) is 28.7 Å². The first kappa shape index (κ1) is 19.9. The minimum atomic E-state index is -4.54.